The average molecular weight is 468 g/mol. The Bertz CT molecular complexity index is 1220. The van der Waals surface area contributed by atoms with E-state index in [1.165, 1.54) is 37.0 Å². The first-order chi connectivity index (χ1) is 15.1. The maximum absolute atomic E-state index is 14.9. The number of ether oxygens (including phenoxy) is 1. The number of rotatable bonds is 6. The van der Waals surface area contributed by atoms with Crippen LogP contribution in [0.3, 0.4) is 0 Å². The van der Waals surface area contributed by atoms with Crippen LogP contribution < -0.4 is 10.6 Å². The smallest absolute Gasteiger partial charge is 0.271 e. The van der Waals surface area contributed by atoms with Gasteiger partial charge in [0.2, 0.25) is 5.91 Å². The Balaban J connectivity index is 1.69. The number of methoxy groups -OCH3 is 1. The van der Waals surface area contributed by atoms with Gasteiger partial charge in [-0.2, -0.15) is 5.10 Å². The third-order valence-corrected chi connectivity index (χ3v) is 6.25. The van der Waals surface area contributed by atoms with Gasteiger partial charge in [-0.25, -0.2) is 22.7 Å². The number of fused-ring (bicyclic) bond motifs is 1. The first-order valence-electron chi connectivity index (χ1n) is 9.79. The van der Waals surface area contributed by atoms with Crippen LogP contribution in [0.2, 0.25) is 5.15 Å². The van der Waals surface area contributed by atoms with Crippen molar-refractivity contribution in [2.24, 2.45) is 5.41 Å². The quantitative estimate of drug-likeness (QED) is 0.559. The zero-order valence-corrected chi connectivity index (χ0v) is 18.5. The van der Waals surface area contributed by atoms with E-state index >= 15 is 0 Å². The molecule has 1 saturated carbocycles. The van der Waals surface area contributed by atoms with Gasteiger partial charge in [-0.05, 0) is 31.5 Å². The van der Waals surface area contributed by atoms with Crippen molar-refractivity contribution in [2.75, 3.05) is 19.5 Å². The van der Waals surface area contributed by atoms with Crippen molar-refractivity contribution >= 4 is 34.5 Å². The first-order valence-corrected chi connectivity index (χ1v) is 10.2. The zero-order valence-electron chi connectivity index (χ0n) is 17.7. The highest BCUT2D eigenvalue weighted by Gasteiger charge is 2.82. The summed E-state index contributed by atoms with van der Waals surface area (Å²) in [6.07, 6.45) is 1.11. The summed E-state index contributed by atoms with van der Waals surface area (Å²) >= 11 is 6.00. The van der Waals surface area contributed by atoms with E-state index in [2.05, 4.69) is 20.7 Å². The second-order valence-electron chi connectivity index (χ2n) is 7.87. The lowest BCUT2D eigenvalue weighted by molar-refractivity contribution is -0.128. The zero-order chi connectivity index (χ0) is 23.4. The lowest BCUT2D eigenvalue weighted by Crippen LogP contribution is -2.31. The maximum Gasteiger partial charge on any atom is 0.271 e. The van der Waals surface area contributed by atoms with E-state index in [4.69, 9.17) is 16.3 Å². The number of hydrogen-bond acceptors (Lipinski definition) is 5. The third kappa shape index (κ3) is 3.20. The summed E-state index contributed by atoms with van der Waals surface area (Å²) in [5.74, 6) is -6.56. The molecule has 3 aromatic rings. The Hall–Kier alpha value is -2.85. The van der Waals surface area contributed by atoms with Gasteiger partial charge in [-0.1, -0.05) is 17.7 Å². The molecule has 1 amide bonds. The van der Waals surface area contributed by atoms with Crippen LogP contribution in [0, 0.1) is 11.2 Å². The van der Waals surface area contributed by atoms with Gasteiger partial charge in [0.1, 0.15) is 11.2 Å². The molecule has 32 heavy (non-hydrogen) atoms. The molecule has 7 nitrogen and oxygen atoms in total. The van der Waals surface area contributed by atoms with Crippen molar-refractivity contribution in [3.63, 3.8) is 0 Å². The minimum absolute atomic E-state index is 0.218. The van der Waals surface area contributed by atoms with Crippen LogP contribution in [0.4, 0.5) is 24.5 Å². The summed E-state index contributed by atoms with van der Waals surface area (Å²) in [7, 11) is 2.80. The number of alkyl halides is 2. The molecule has 2 aromatic heterocycles. The van der Waals surface area contributed by atoms with E-state index in [0.717, 1.165) is 13.0 Å². The minimum atomic E-state index is -3.35. The van der Waals surface area contributed by atoms with Crippen molar-refractivity contribution < 1.29 is 22.7 Å². The Morgan fingerprint density at radius 2 is 2.06 bits per heavy atom. The topological polar surface area (TPSA) is 80.5 Å². The largest absolute Gasteiger partial charge is 0.375 e. The third-order valence-electron chi connectivity index (χ3n) is 6.07. The van der Waals surface area contributed by atoms with Crippen molar-refractivity contribution in [1.82, 2.24) is 19.9 Å². The number of aromatic nitrogens is 3. The minimum Gasteiger partial charge on any atom is -0.375 e. The highest BCUT2D eigenvalue weighted by molar-refractivity contribution is 6.29. The number of benzene rings is 1. The SMILES string of the molecule is CNC(=O)C1(C)C(c2ccc(Nc3cnc4cc(Cl)nn4c3[C@H](C)OC)cc2F)C1(F)F. The number of carbonyl (C=O) groups is 1. The summed E-state index contributed by atoms with van der Waals surface area (Å²) in [5, 5.41) is 9.73. The fourth-order valence-electron chi connectivity index (χ4n) is 4.10. The molecular weight excluding hydrogens is 447 g/mol. The molecule has 1 aliphatic carbocycles. The molecule has 170 valence electrons. The van der Waals surface area contributed by atoms with E-state index in [1.807, 2.05) is 0 Å². The monoisotopic (exact) mass is 467 g/mol. The predicted octanol–water partition coefficient (Wildman–Crippen LogP) is 4.46. The molecule has 2 unspecified atom stereocenters. The molecule has 2 N–H and O–H groups in total. The molecule has 0 radical (unpaired) electrons. The number of hydrogen-bond donors (Lipinski definition) is 2. The summed E-state index contributed by atoms with van der Waals surface area (Å²) in [4.78, 5) is 16.3. The van der Waals surface area contributed by atoms with Crippen molar-refractivity contribution in [2.45, 2.75) is 31.8 Å². The Kier molecular flexibility index (Phi) is 5.33. The molecule has 1 fully saturated rings. The maximum atomic E-state index is 14.9. The number of carbonyl (C=O) groups excluding carboxylic acids is 1. The molecule has 2 heterocycles. The molecule has 1 aliphatic rings. The predicted molar refractivity (Wildman–Crippen MR) is 113 cm³/mol. The fraction of sp³-hybridized carbons (Fsp3) is 0.381. The molecule has 3 atom stereocenters. The van der Waals surface area contributed by atoms with E-state index < -0.39 is 35.1 Å². The second-order valence-corrected chi connectivity index (χ2v) is 8.26. The highest BCUT2D eigenvalue weighted by Crippen LogP contribution is 2.71. The lowest BCUT2D eigenvalue weighted by Gasteiger charge is -2.18. The van der Waals surface area contributed by atoms with Crippen LogP contribution in [-0.2, 0) is 9.53 Å². The van der Waals surface area contributed by atoms with Crippen LogP contribution in [0.5, 0.6) is 0 Å². The normalized spacial score (nSPS) is 22.6. The van der Waals surface area contributed by atoms with Gasteiger partial charge in [-0.15, -0.1) is 0 Å². The Morgan fingerprint density at radius 1 is 1.34 bits per heavy atom. The van der Waals surface area contributed by atoms with Crippen molar-refractivity contribution in [1.29, 1.82) is 0 Å². The van der Waals surface area contributed by atoms with Gasteiger partial charge in [0.15, 0.2) is 10.8 Å². The summed E-state index contributed by atoms with van der Waals surface area (Å²) in [5.41, 5.74) is -0.330. The van der Waals surface area contributed by atoms with Crippen LogP contribution in [0.15, 0.2) is 30.5 Å². The highest BCUT2D eigenvalue weighted by atomic mass is 35.5. The molecule has 0 saturated heterocycles. The van der Waals surface area contributed by atoms with Gasteiger partial charge in [0.05, 0.1) is 29.6 Å². The Labute approximate surface area is 186 Å². The average Bonchev–Trinajstić information content (AvgIpc) is 3.01. The Morgan fingerprint density at radius 3 is 2.69 bits per heavy atom. The molecular formula is C21H21ClF3N5O2. The van der Waals surface area contributed by atoms with E-state index in [1.54, 1.807) is 13.0 Å². The van der Waals surface area contributed by atoms with Crippen molar-refractivity contribution in [3.05, 3.63) is 52.7 Å². The summed E-state index contributed by atoms with van der Waals surface area (Å²) < 4.78 is 50.7. The molecule has 0 bridgehead atoms. The van der Waals surface area contributed by atoms with Crippen LogP contribution in [-0.4, -0.2) is 40.6 Å². The number of halogens is 4. The molecule has 1 aromatic carbocycles. The standard InChI is InChI=1S/C21H21ClF3N5O2/c1-10(32-4)17-14(9-27-16-8-15(22)29-30(16)17)28-11-5-6-12(13(23)7-11)18-20(2,19(31)26-3)21(18,24)25/h5-10,18,28H,1-4H3,(H,26,31)/t10-,18?,20?/m0/s1. The van der Waals surface area contributed by atoms with Gasteiger partial charge in [0.25, 0.3) is 5.92 Å². The van der Waals surface area contributed by atoms with Crippen LogP contribution in [0.25, 0.3) is 5.65 Å². The number of nitrogens with one attached hydrogen (secondary N) is 2. The van der Waals surface area contributed by atoms with Crippen molar-refractivity contribution in [3.8, 4) is 0 Å². The fourth-order valence-corrected chi connectivity index (χ4v) is 4.27. The van der Waals surface area contributed by atoms with E-state index in [-0.39, 0.29) is 10.7 Å². The molecule has 4 rings (SSSR count). The molecule has 11 heteroatoms. The van der Waals surface area contributed by atoms with Gasteiger partial charge >= 0.3 is 0 Å². The van der Waals surface area contributed by atoms with Crippen LogP contribution in [0.1, 0.15) is 37.1 Å². The van der Waals surface area contributed by atoms with E-state index in [0.29, 0.717) is 22.7 Å². The van der Waals surface area contributed by atoms with Crippen LogP contribution >= 0.6 is 11.6 Å². The molecule has 0 spiro atoms. The second kappa shape index (κ2) is 7.63. The van der Waals surface area contributed by atoms with Gasteiger partial charge in [0, 0.05) is 25.9 Å². The van der Waals surface area contributed by atoms with E-state index in [9.17, 15) is 18.0 Å². The number of anilines is 2. The lowest BCUT2D eigenvalue weighted by atomic mass is 9.99. The summed E-state index contributed by atoms with van der Waals surface area (Å²) in [6.45, 7) is 2.94. The molecule has 0 aliphatic heterocycles. The van der Waals surface area contributed by atoms with Gasteiger partial charge < -0.3 is 15.4 Å². The summed E-state index contributed by atoms with van der Waals surface area (Å²) in [6, 6.07) is 5.43. The number of amides is 1. The first kappa shape index (κ1) is 22.3. The van der Waals surface area contributed by atoms with Gasteiger partial charge in [-0.3, -0.25) is 4.79 Å². The number of nitrogens with zero attached hydrogens (tertiary/aromatic N) is 3.